The Hall–Kier alpha value is -0.800. The summed E-state index contributed by atoms with van der Waals surface area (Å²) in [6, 6.07) is 1.90. The smallest absolute Gasteiger partial charge is 0.151 e. The zero-order valence-corrected chi connectivity index (χ0v) is 8.63. The van der Waals surface area contributed by atoms with E-state index in [4.69, 9.17) is 22.1 Å². The van der Waals surface area contributed by atoms with Crippen molar-refractivity contribution in [2.75, 3.05) is 18.9 Å². The molecule has 1 aromatic heterocycles. The van der Waals surface area contributed by atoms with Crippen LogP contribution in [0.5, 0.6) is 0 Å². The molecule has 0 spiro atoms. The van der Waals surface area contributed by atoms with Gasteiger partial charge in [0.15, 0.2) is 5.15 Å². The van der Waals surface area contributed by atoms with E-state index in [0.717, 1.165) is 31.6 Å². The Kier molecular flexibility index (Phi) is 2.89. The summed E-state index contributed by atoms with van der Waals surface area (Å²) in [5.74, 6) is 0.427. The van der Waals surface area contributed by atoms with Crippen LogP contribution >= 0.6 is 11.6 Å². The number of hydrogen-bond donors (Lipinski definition) is 1. The number of nitrogen functional groups attached to an aromatic ring is 1. The fourth-order valence-electron chi connectivity index (χ4n) is 1.71. The fourth-order valence-corrected chi connectivity index (χ4v) is 1.81. The molecule has 1 aromatic rings. The molecular formula is C10H13ClN2O. The summed E-state index contributed by atoms with van der Waals surface area (Å²) in [7, 11) is 0. The van der Waals surface area contributed by atoms with Gasteiger partial charge in [-0.3, -0.25) is 0 Å². The van der Waals surface area contributed by atoms with Crippen LogP contribution in [0.1, 0.15) is 24.3 Å². The molecule has 1 unspecified atom stereocenters. The van der Waals surface area contributed by atoms with Crippen molar-refractivity contribution in [1.82, 2.24) is 4.98 Å². The number of hydrogen-bond acceptors (Lipinski definition) is 3. The molecule has 1 saturated heterocycles. The molecule has 1 aliphatic rings. The summed E-state index contributed by atoms with van der Waals surface area (Å²) in [5.41, 5.74) is 7.37. The summed E-state index contributed by atoms with van der Waals surface area (Å²) in [6.45, 7) is 1.63. The summed E-state index contributed by atoms with van der Waals surface area (Å²) < 4.78 is 5.41. The van der Waals surface area contributed by atoms with Crippen LogP contribution < -0.4 is 5.73 Å². The topological polar surface area (TPSA) is 48.1 Å². The predicted molar refractivity (Wildman–Crippen MR) is 56.5 cm³/mol. The van der Waals surface area contributed by atoms with Crippen molar-refractivity contribution in [2.45, 2.75) is 18.8 Å². The maximum absolute atomic E-state index is 5.75. The third kappa shape index (κ3) is 1.99. The van der Waals surface area contributed by atoms with Crippen molar-refractivity contribution in [1.29, 1.82) is 0 Å². The van der Waals surface area contributed by atoms with Gasteiger partial charge in [-0.2, -0.15) is 0 Å². The lowest BCUT2D eigenvalue weighted by Gasteiger charge is -2.22. The Balaban J connectivity index is 2.18. The average Bonchev–Trinajstić information content (AvgIpc) is 2.23. The molecule has 1 aliphatic heterocycles. The molecule has 1 atom stereocenters. The molecule has 0 radical (unpaired) electrons. The van der Waals surface area contributed by atoms with E-state index >= 15 is 0 Å². The van der Waals surface area contributed by atoms with Crippen molar-refractivity contribution >= 4 is 17.3 Å². The number of ether oxygens (including phenoxy) is 1. The Bertz CT molecular complexity index is 324. The van der Waals surface area contributed by atoms with Gasteiger partial charge in [0.05, 0.1) is 12.3 Å². The first-order chi connectivity index (χ1) is 6.77. The third-order valence-electron chi connectivity index (χ3n) is 2.52. The fraction of sp³-hybridized carbons (Fsp3) is 0.500. The Morgan fingerprint density at radius 2 is 2.43 bits per heavy atom. The third-order valence-corrected chi connectivity index (χ3v) is 2.83. The van der Waals surface area contributed by atoms with Gasteiger partial charge in [0.2, 0.25) is 0 Å². The monoisotopic (exact) mass is 212 g/mol. The van der Waals surface area contributed by atoms with Crippen molar-refractivity contribution in [3.8, 4) is 0 Å². The van der Waals surface area contributed by atoms with Crippen LogP contribution in [0.15, 0.2) is 12.3 Å². The van der Waals surface area contributed by atoms with Crippen molar-refractivity contribution in [3.05, 3.63) is 23.0 Å². The predicted octanol–water partition coefficient (Wildman–Crippen LogP) is 2.21. The van der Waals surface area contributed by atoms with Crippen molar-refractivity contribution < 1.29 is 4.74 Å². The lowest BCUT2D eigenvalue weighted by atomic mass is 9.95. The van der Waals surface area contributed by atoms with Crippen LogP contribution in [0.2, 0.25) is 5.15 Å². The van der Waals surface area contributed by atoms with E-state index in [2.05, 4.69) is 4.98 Å². The lowest BCUT2D eigenvalue weighted by Crippen LogP contribution is -2.15. The highest BCUT2D eigenvalue weighted by molar-refractivity contribution is 6.31. The van der Waals surface area contributed by atoms with Crippen LogP contribution in [0, 0.1) is 0 Å². The molecular weight excluding hydrogens is 200 g/mol. The molecule has 0 bridgehead atoms. The number of nitrogens with zero attached hydrogens (tertiary/aromatic N) is 1. The first kappa shape index (κ1) is 9.74. The van der Waals surface area contributed by atoms with E-state index in [-0.39, 0.29) is 0 Å². The van der Waals surface area contributed by atoms with Crippen molar-refractivity contribution in [2.24, 2.45) is 0 Å². The van der Waals surface area contributed by atoms with Crippen LogP contribution in [-0.4, -0.2) is 18.2 Å². The SMILES string of the molecule is Nc1cc(C2CCCOC2)cnc1Cl. The van der Waals surface area contributed by atoms with Gasteiger partial charge in [0, 0.05) is 18.7 Å². The molecule has 0 aromatic carbocycles. The molecule has 0 aliphatic carbocycles. The largest absolute Gasteiger partial charge is 0.396 e. The van der Waals surface area contributed by atoms with Crippen LogP contribution in [0.25, 0.3) is 0 Å². The molecule has 3 nitrogen and oxygen atoms in total. The number of halogens is 1. The van der Waals surface area contributed by atoms with Gasteiger partial charge in [-0.25, -0.2) is 4.98 Å². The highest BCUT2D eigenvalue weighted by Gasteiger charge is 2.16. The first-order valence-electron chi connectivity index (χ1n) is 4.76. The second kappa shape index (κ2) is 4.15. The molecule has 1 fully saturated rings. The van der Waals surface area contributed by atoms with Gasteiger partial charge >= 0.3 is 0 Å². The minimum atomic E-state index is 0.380. The van der Waals surface area contributed by atoms with Crippen molar-refractivity contribution in [3.63, 3.8) is 0 Å². The molecule has 14 heavy (non-hydrogen) atoms. The summed E-state index contributed by atoms with van der Waals surface area (Å²) in [4.78, 5) is 4.04. The molecule has 0 saturated carbocycles. The van der Waals surface area contributed by atoms with Gasteiger partial charge in [-0.05, 0) is 24.5 Å². The van der Waals surface area contributed by atoms with E-state index in [1.165, 1.54) is 0 Å². The van der Waals surface area contributed by atoms with E-state index < -0.39 is 0 Å². The molecule has 2 N–H and O–H groups in total. The maximum Gasteiger partial charge on any atom is 0.151 e. The number of pyridine rings is 1. The minimum Gasteiger partial charge on any atom is -0.396 e. The summed E-state index contributed by atoms with van der Waals surface area (Å²) in [5, 5.41) is 0.380. The molecule has 4 heteroatoms. The van der Waals surface area contributed by atoms with Gasteiger partial charge < -0.3 is 10.5 Å². The molecule has 2 rings (SSSR count). The first-order valence-corrected chi connectivity index (χ1v) is 5.14. The highest BCUT2D eigenvalue weighted by atomic mass is 35.5. The van der Waals surface area contributed by atoms with Crippen LogP contribution in [0.3, 0.4) is 0 Å². The van der Waals surface area contributed by atoms with Crippen LogP contribution in [-0.2, 0) is 4.74 Å². The number of aromatic nitrogens is 1. The zero-order chi connectivity index (χ0) is 9.97. The van der Waals surface area contributed by atoms with Crippen LogP contribution in [0.4, 0.5) is 5.69 Å². The number of anilines is 1. The van der Waals surface area contributed by atoms with Gasteiger partial charge in [-0.1, -0.05) is 11.6 Å². The standard InChI is InChI=1S/C10H13ClN2O/c11-10-9(12)4-8(5-13-10)7-2-1-3-14-6-7/h4-5,7H,1-3,6,12H2. The second-order valence-electron chi connectivity index (χ2n) is 3.56. The minimum absolute atomic E-state index is 0.380. The van der Waals surface area contributed by atoms with E-state index in [0.29, 0.717) is 16.8 Å². The van der Waals surface area contributed by atoms with E-state index in [9.17, 15) is 0 Å². The summed E-state index contributed by atoms with van der Waals surface area (Å²) >= 11 is 5.75. The van der Waals surface area contributed by atoms with Gasteiger partial charge in [0.1, 0.15) is 0 Å². The zero-order valence-electron chi connectivity index (χ0n) is 7.87. The number of nitrogens with two attached hydrogens (primary N) is 1. The normalized spacial score (nSPS) is 22.2. The molecule has 0 amide bonds. The van der Waals surface area contributed by atoms with E-state index in [1.807, 2.05) is 6.07 Å². The van der Waals surface area contributed by atoms with Gasteiger partial charge in [-0.15, -0.1) is 0 Å². The average molecular weight is 213 g/mol. The highest BCUT2D eigenvalue weighted by Crippen LogP contribution is 2.27. The summed E-state index contributed by atoms with van der Waals surface area (Å²) in [6.07, 6.45) is 4.04. The number of rotatable bonds is 1. The Labute approximate surface area is 88.2 Å². The van der Waals surface area contributed by atoms with E-state index in [1.54, 1.807) is 6.20 Å². The molecule has 2 heterocycles. The Morgan fingerprint density at radius 3 is 3.07 bits per heavy atom. The van der Waals surface area contributed by atoms with Gasteiger partial charge in [0.25, 0.3) is 0 Å². The second-order valence-corrected chi connectivity index (χ2v) is 3.92. The molecule has 76 valence electrons. The lowest BCUT2D eigenvalue weighted by molar-refractivity contribution is 0.0804. The maximum atomic E-state index is 5.75. The Morgan fingerprint density at radius 1 is 1.57 bits per heavy atom. The quantitative estimate of drug-likeness (QED) is 0.727.